The third-order valence-corrected chi connectivity index (χ3v) is 7.45. The van der Waals surface area contributed by atoms with Crippen molar-refractivity contribution in [3.05, 3.63) is 36.5 Å². The number of aromatic amines is 2. The second-order valence-electron chi connectivity index (χ2n) is 6.41. The molecule has 0 saturated heterocycles. The van der Waals surface area contributed by atoms with Crippen LogP contribution in [0.3, 0.4) is 0 Å². The molecule has 4 aromatic rings. The Hall–Kier alpha value is -3.20. The molecule has 14 heteroatoms. The molecule has 30 heavy (non-hydrogen) atoms. The third-order valence-electron chi connectivity index (χ3n) is 4.49. The number of benzene rings is 2. The first-order chi connectivity index (χ1) is 14.2. The molecule has 0 spiro atoms. The lowest BCUT2D eigenvalue weighted by Crippen LogP contribution is -2.53. The van der Waals surface area contributed by atoms with Gasteiger partial charge in [-0.3, -0.25) is 5.10 Å². The Morgan fingerprint density at radius 1 is 1.07 bits per heavy atom. The first-order valence-electron chi connectivity index (χ1n) is 8.62. The summed E-state index contributed by atoms with van der Waals surface area (Å²) in [7, 11) is -8.51. The molecule has 0 saturated carbocycles. The summed E-state index contributed by atoms with van der Waals surface area (Å²) in [5, 5.41) is 26.6. The van der Waals surface area contributed by atoms with Crippen molar-refractivity contribution in [2.45, 2.75) is 9.79 Å². The van der Waals surface area contributed by atoms with Crippen LogP contribution in [0.1, 0.15) is 0 Å². The van der Waals surface area contributed by atoms with Crippen LogP contribution in [-0.2, 0) is 19.9 Å². The van der Waals surface area contributed by atoms with Gasteiger partial charge in [0.05, 0.1) is 28.7 Å². The third kappa shape index (κ3) is 3.35. The molecule has 0 bridgehead atoms. The Balaban J connectivity index is 2.18. The van der Waals surface area contributed by atoms with E-state index >= 15 is 0 Å². The number of nitrogens with two attached hydrogens (primary N) is 1. The maximum atomic E-state index is 12.8. The lowest BCUT2D eigenvalue weighted by Gasteiger charge is -2.16. The molecule has 156 valence electrons. The fraction of sp³-hybridized carbons (Fsp3) is 0.125. The van der Waals surface area contributed by atoms with Crippen molar-refractivity contribution >= 4 is 30.8 Å². The molecule has 2 aromatic heterocycles. The first-order valence-corrected chi connectivity index (χ1v) is 11.8. The standard InChI is InChI=1S/C16H16N8O4S2/c17-6-7-29(25,26)12-5-4-10(11-3-1-2-9-8-19-20-14(9)11)13(15(12)30(18,27)28)16-21-23-24-22-16/h1-5,8H,6-7,17H2,(H,19,20)(H2,18,27,28)(H,21,22,23,24)/p+1. The average molecular weight is 449 g/mol. The molecule has 0 radical (unpaired) electrons. The molecule has 0 unspecified atom stereocenters. The second kappa shape index (κ2) is 7.24. The maximum absolute atomic E-state index is 12.8. The molecule has 0 amide bonds. The number of aromatic nitrogens is 6. The van der Waals surface area contributed by atoms with E-state index in [1.165, 1.54) is 12.1 Å². The van der Waals surface area contributed by atoms with E-state index in [0.29, 0.717) is 16.6 Å². The number of sulfone groups is 1. The molecular weight excluding hydrogens is 432 g/mol. The Labute approximate surface area is 170 Å². The number of H-pyrrole nitrogens is 2. The van der Waals surface area contributed by atoms with Crippen LogP contribution in [0.2, 0.25) is 0 Å². The van der Waals surface area contributed by atoms with Crippen molar-refractivity contribution in [2.24, 2.45) is 5.14 Å². The molecule has 7 N–H and O–H groups in total. The molecule has 0 aliphatic heterocycles. The number of nitrogens with zero attached hydrogens (tertiary/aromatic N) is 4. The zero-order valence-corrected chi connectivity index (χ0v) is 17.0. The van der Waals surface area contributed by atoms with Crippen LogP contribution in [0.15, 0.2) is 46.3 Å². The van der Waals surface area contributed by atoms with Crippen LogP contribution < -0.4 is 10.9 Å². The summed E-state index contributed by atoms with van der Waals surface area (Å²) in [6.45, 7) is 0.0547. The van der Waals surface area contributed by atoms with E-state index in [1.54, 1.807) is 18.3 Å². The van der Waals surface area contributed by atoms with Crippen molar-refractivity contribution in [1.29, 1.82) is 0 Å². The largest absolute Gasteiger partial charge is 0.357 e. The van der Waals surface area contributed by atoms with Gasteiger partial charge in [0.1, 0.15) is 10.6 Å². The van der Waals surface area contributed by atoms with E-state index in [0.717, 1.165) is 5.39 Å². The van der Waals surface area contributed by atoms with Gasteiger partial charge in [0.2, 0.25) is 15.8 Å². The number of tetrazole rings is 1. The van der Waals surface area contributed by atoms with Gasteiger partial charge in [-0.05, 0) is 16.8 Å². The Kier molecular flexibility index (Phi) is 4.85. The number of primary sulfonamides is 1. The molecular formula is C16H17N8O4S2+. The second-order valence-corrected chi connectivity index (χ2v) is 9.98. The predicted octanol–water partition coefficient (Wildman–Crippen LogP) is -0.927. The molecule has 4 rings (SSSR count). The van der Waals surface area contributed by atoms with Crippen LogP contribution in [0.4, 0.5) is 0 Å². The van der Waals surface area contributed by atoms with Gasteiger partial charge in [-0.25, -0.2) is 22.0 Å². The molecule has 0 aliphatic carbocycles. The molecule has 2 heterocycles. The van der Waals surface area contributed by atoms with Gasteiger partial charge < -0.3 is 5.73 Å². The minimum absolute atomic E-state index is 0.0547. The molecule has 12 nitrogen and oxygen atoms in total. The number of para-hydroxylation sites is 1. The van der Waals surface area contributed by atoms with Crippen molar-refractivity contribution < 1.29 is 22.6 Å². The van der Waals surface area contributed by atoms with Crippen LogP contribution in [0.5, 0.6) is 0 Å². The van der Waals surface area contributed by atoms with Crippen LogP contribution in [0, 0.1) is 0 Å². The van der Waals surface area contributed by atoms with E-state index in [1.807, 2.05) is 6.07 Å². The van der Waals surface area contributed by atoms with Crippen molar-refractivity contribution in [3.8, 4) is 22.5 Å². The van der Waals surface area contributed by atoms with Gasteiger partial charge in [-0.15, -0.1) is 10.2 Å². The maximum Gasteiger partial charge on any atom is 0.240 e. The van der Waals surface area contributed by atoms with Gasteiger partial charge in [0.15, 0.2) is 9.84 Å². The van der Waals surface area contributed by atoms with E-state index < -0.39 is 29.7 Å². The number of hydrogen-bond acceptors (Lipinski definition) is 8. The van der Waals surface area contributed by atoms with Crippen molar-refractivity contribution in [1.82, 2.24) is 30.8 Å². The fourth-order valence-electron chi connectivity index (χ4n) is 3.30. The number of sulfonamides is 1. The molecule has 2 aromatic carbocycles. The van der Waals surface area contributed by atoms with Crippen LogP contribution in [0.25, 0.3) is 33.4 Å². The molecule has 0 fully saturated rings. The van der Waals surface area contributed by atoms with E-state index in [9.17, 15) is 16.8 Å². The number of fused-ring (bicyclic) bond motifs is 1. The Morgan fingerprint density at radius 2 is 1.87 bits per heavy atom. The number of hydrogen-bond donors (Lipinski definition) is 4. The van der Waals surface area contributed by atoms with Gasteiger partial charge in [0.25, 0.3) is 0 Å². The lowest BCUT2D eigenvalue weighted by molar-refractivity contribution is -0.360. The quantitative estimate of drug-likeness (QED) is 0.289. The summed E-state index contributed by atoms with van der Waals surface area (Å²) in [5.74, 6) is -0.464. The average Bonchev–Trinajstić information content (AvgIpc) is 3.37. The topological polar surface area (TPSA) is 205 Å². The van der Waals surface area contributed by atoms with E-state index in [4.69, 9.17) is 5.14 Å². The highest BCUT2D eigenvalue weighted by molar-refractivity contribution is 7.93. The molecule has 0 atom stereocenters. The minimum Gasteiger partial charge on any atom is -0.357 e. The van der Waals surface area contributed by atoms with Gasteiger partial charge in [-0.2, -0.15) is 10.3 Å². The van der Waals surface area contributed by atoms with Crippen molar-refractivity contribution in [2.75, 3.05) is 12.3 Å². The summed E-state index contributed by atoms with van der Waals surface area (Å²) < 4.78 is 50.8. The highest BCUT2D eigenvalue weighted by Crippen LogP contribution is 2.40. The molecule has 0 aliphatic rings. The summed E-state index contributed by atoms with van der Waals surface area (Å²) in [6, 6.07) is 8.03. The minimum atomic E-state index is -4.51. The van der Waals surface area contributed by atoms with Crippen molar-refractivity contribution in [3.63, 3.8) is 0 Å². The van der Waals surface area contributed by atoms with E-state index in [2.05, 4.69) is 36.6 Å². The van der Waals surface area contributed by atoms with Gasteiger partial charge in [0, 0.05) is 10.9 Å². The zero-order valence-electron chi connectivity index (χ0n) is 15.4. The monoisotopic (exact) mass is 449 g/mol. The van der Waals surface area contributed by atoms with Gasteiger partial charge >= 0.3 is 0 Å². The lowest BCUT2D eigenvalue weighted by atomic mass is 9.97. The van der Waals surface area contributed by atoms with Crippen LogP contribution >= 0.6 is 0 Å². The number of nitrogens with one attached hydrogen (secondary N) is 2. The normalized spacial score (nSPS) is 12.5. The highest BCUT2D eigenvalue weighted by Gasteiger charge is 2.32. The SMILES string of the molecule is NS(=O)(=O)c1c(S(=O)(=O)CC[NH3+])ccc(-c2cccc3cn[nH]c23)c1-c1nn[nH]n1. The number of quaternary nitrogens is 1. The summed E-state index contributed by atoms with van der Waals surface area (Å²) >= 11 is 0. The first kappa shape index (κ1) is 20.1. The fourth-order valence-corrected chi connectivity index (χ4v) is 6.12. The predicted molar refractivity (Wildman–Crippen MR) is 106 cm³/mol. The number of rotatable bonds is 6. The van der Waals surface area contributed by atoms with Gasteiger partial charge in [-0.1, -0.05) is 24.3 Å². The van der Waals surface area contributed by atoms with E-state index in [-0.39, 0.29) is 23.7 Å². The Morgan fingerprint density at radius 3 is 2.53 bits per heavy atom. The highest BCUT2D eigenvalue weighted by atomic mass is 32.2. The zero-order chi connectivity index (χ0) is 21.5. The summed E-state index contributed by atoms with van der Waals surface area (Å²) in [5.41, 5.74) is 5.01. The summed E-state index contributed by atoms with van der Waals surface area (Å²) in [6.07, 6.45) is 1.61. The van der Waals surface area contributed by atoms with Crippen LogP contribution in [-0.4, -0.2) is 60.0 Å². The smallest absolute Gasteiger partial charge is 0.240 e. The Bertz CT molecular complexity index is 1440. The summed E-state index contributed by atoms with van der Waals surface area (Å²) in [4.78, 5) is -1.03.